The summed E-state index contributed by atoms with van der Waals surface area (Å²) in [5.41, 5.74) is -0.851. The van der Waals surface area contributed by atoms with Crippen molar-refractivity contribution in [1.82, 2.24) is 26.2 Å². The van der Waals surface area contributed by atoms with E-state index in [9.17, 15) is 19.4 Å². The van der Waals surface area contributed by atoms with Crippen molar-refractivity contribution in [1.29, 1.82) is 0 Å². The van der Waals surface area contributed by atoms with Gasteiger partial charge in [0.05, 0.1) is 0 Å². The van der Waals surface area contributed by atoms with Crippen molar-refractivity contribution in [3.8, 4) is 0 Å². The maximum atomic E-state index is 12.1. The predicted octanol–water partition coefficient (Wildman–Crippen LogP) is 1.76. The quantitative estimate of drug-likeness (QED) is 0.192. The number of carbonyl (C=O) groups excluding carboxylic acids is 2. The molecule has 4 N–H and O–H groups in total. The van der Waals surface area contributed by atoms with Gasteiger partial charge in [-0.05, 0) is 48.0 Å². The van der Waals surface area contributed by atoms with Crippen LogP contribution in [0.25, 0.3) is 0 Å². The zero-order valence-corrected chi connectivity index (χ0v) is 22.2. The van der Waals surface area contributed by atoms with E-state index >= 15 is 0 Å². The number of nitrogens with zero attached hydrogens (tertiary/aromatic N) is 3. The van der Waals surface area contributed by atoms with Crippen LogP contribution >= 0.6 is 0 Å². The summed E-state index contributed by atoms with van der Waals surface area (Å²) in [5.74, 6) is -0.263. The van der Waals surface area contributed by atoms with E-state index in [2.05, 4.69) is 36.5 Å². The average Bonchev–Trinajstić information content (AvgIpc) is 2.79. The Bertz CT molecular complexity index is 596. The molecule has 0 spiro atoms. The number of nitrogens with one attached hydrogen (secondary N) is 4. The number of nitroso groups, excluding NO2 is 2. The van der Waals surface area contributed by atoms with Gasteiger partial charge in [0.25, 0.3) is 0 Å². The molecule has 2 amide bonds. The Balaban J connectivity index is 4.68. The Morgan fingerprint density at radius 2 is 1.12 bits per heavy atom. The van der Waals surface area contributed by atoms with Crippen molar-refractivity contribution in [2.24, 2.45) is 10.4 Å². The number of hydrogen-bond acceptors (Lipinski definition) is 9. The zero-order valence-electron chi connectivity index (χ0n) is 22.2. The molecule has 11 heteroatoms. The van der Waals surface area contributed by atoms with E-state index in [1.165, 1.54) is 0 Å². The highest BCUT2D eigenvalue weighted by atomic mass is 16.3. The van der Waals surface area contributed by atoms with Gasteiger partial charge in [-0.15, -0.1) is 0 Å². The van der Waals surface area contributed by atoms with Gasteiger partial charge in [0.2, 0.25) is 11.8 Å². The molecule has 0 heterocycles. The number of carbonyl (C=O) groups is 2. The molecule has 0 aliphatic rings. The molecule has 0 radical (unpaired) electrons. The Morgan fingerprint density at radius 3 is 1.50 bits per heavy atom. The van der Waals surface area contributed by atoms with Crippen LogP contribution in [0.1, 0.15) is 67.7 Å². The molecule has 0 aliphatic heterocycles. The lowest BCUT2D eigenvalue weighted by molar-refractivity contribution is -0.126. The van der Waals surface area contributed by atoms with Crippen LogP contribution < -0.4 is 21.3 Å². The zero-order chi connectivity index (χ0) is 26.2. The summed E-state index contributed by atoms with van der Waals surface area (Å²) >= 11 is 0. The molecule has 198 valence electrons. The van der Waals surface area contributed by atoms with Crippen molar-refractivity contribution >= 4 is 11.8 Å². The molecule has 0 bridgehead atoms. The summed E-state index contributed by atoms with van der Waals surface area (Å²) in [6.07, 6.45) is 1.20. The summed E-state index contributed by atoms with van der Waals surface area (Å²) < 4.78 is 0. The smallest absolute Gasteiger partial charge is 0.220 e. The SMILES string of the molecule is CCCNC(=O)CCC(=O)NCCN(CCNC(C)(C)C(C)N=O)CCNC(C)(C)C(C)N=O. The van der Waals surface area contributed by atoms with Gasteiger partial charge < -0.3 is 21.3 Å². The molecule has 0 saturated carbocycles. The number of amides is 2. The highest BCUT2D eigenvalue weighted by Crippen LogP contribution is 2.12. The van der Waals surface area contributed by atoms with E-state index in [0.29, 0.717) is 45.8 Å². The lowest BCUT2D eigenvalue weighted by atomic mass is 9.97. The minimum atomic E-state index is -0.425. The van der Waals surface area contributed by atoms with Crippen molar-refractivity contribution in [2.45, 2.75) is 90.9 Å². The molecule has 0 aromatic carbocycles. The summed E-state index contributed by atoms with van der Waals surface area (Å²) in [6, 6.07) is -0.732. The fourth-order valence-electron chi connectivity index (χ4n) is 2.99. The van der Waals surface area contributed by atoms with Crippen LogP contribution in [0.4, 0.5) is 0 Å². The molecular weight excluding hydrogens is 438 g/mol. The van der Waals surface area contributed by atoms with Crippen LogP contribution in [0, 0.1) is 9.81 Å². The standard InChI is InChI=1S/C23H47N7O4/c1-8-11-24-20(31)9-10-21(32)25-12-15-30(16-13-26-22(4,5)18(2)28-33)17-14-27-23(6,7)19(3)29-34/h18-19,26-27H,8-17H2,1-7H3,(H,24,31)(H,25,32). The lowest BCUT2D eigenvalue weighted by Gasteiger charge is -2.32. The predicted molar refractivity (Wildman–Crippen MR) is 137 cm³/mol. The van der Waals surface area contributed by atoms with Crippen LogP contribution in [0.3, 0.4) is 0 Å². The van der Waals surface area contributed by atoms with Gasteiger partial charge in [-0.2, -0.15) is 9.81 Å². The number of rotatable bonds is 20. The van der Waals surface area contributed by atoms with Crippen LogP contribution in [0.2, 0.25) is 0 Å². The fraction of sp³-hybridized carbons (Fsp3) is 0.913. The van der Waals surface area contributed by atoms with Crippen molar-refractivity contribution < 1.29 is 9.59 Å². The molecule has 0 aliphatic carbocycles. The number of hydrogen-bond donors (Lipinski definition) is 4. The topological polar surface area (TPSA) is 144 Å². The molecule has 2 atom stereocenters. The summed E-state index contributed by atoms with van der Waals surface area (Å²) in [4.78, 5) is 47.8. The molecule has 2 unspecified atom stereocenters. The van der Waals surface area contributed by atoms with E-state index in [1.54, 1.807) is 13.8 Å². The second kappa shape index (κ2) is 16.6. The Morgan fingerprint density at radius 1 is 0.735 bits per heavy atom. The molecule has 0 fully saturated rings. The van der Waals surface area contributed by atoms with Gasteiger partial charge in [0.15, 0.2) is 0 Å². The fourth-order valence-corrected chi connectivity index (χ4v) is 2.99. The summed E-state index contributed by atoms with van der Waals surface area (Å²) in [7, 11) is 0. The molecule has 11 nitrogen and oxygen atoms in total. The highest BCUT2D eigenvalue weighted by molar-refractivity contribution is 5.83. The van der Waals surface area contributed by atoms with Gasteiger partial charge in [-0.1, -0.05) is 17.3 Å². The Kier molecular flexibility index (Phi) is 15.6. The van der Waals surface area contributed by atoms with Crippen LogP contribution in [0.5, 0.6) is 0 Å². The van der Waals surface area contributed by atoms with E-state index in [0.717, 1.165) is 6.42 Å². The van der Waals surface area contributed by atoms with E-state index in [-0.39, 0.29) is 36.7 Å². The van der Waals surface area contributed by atoms with Gasteiger partial charge in [0, 0.05) is 69.7 Å². The first kappa shape index (κ1) is 32.0. The minimum Gasteiger partial charge on any atom is -0.356 e. The maximum Gasteiger partial charge on any atom is 0.220 e. The van der Waals surface area contributed by atoms with Crippen LogP contribution in [0.15, 0.2) is 10.4 Å². The largest absolute Gasteiger partial charge is 0.356 e. The normalized spacial score (nSPS) is 13.9. The third kappa shape index (κ3) is 13.7. The summed E-state index contributed by atoms with van der Waals surface area (Å²) in [5, 5.41) is 18.7. The first-order chi connectivity index (χ1) is 15.9. The summed E-state index contributed by atoms with van der Waals surface area (Å²) in [6.45, 7) is 17.7. The molecule has 0 rings (SSSR count). The van der Waals surface area contributed by atoms with E-state index in [1.807, 2.05) is 34.6 Å². The molecule has 0 aromatic rings. The second-order valence-corrected chi connectivity index (χ2v) is 9.90. The van der Waals surface area contributed by atoms with Crippen molar-refractivity contribution in [3.63, 3.8) is 0 Å². The molecule has 0 saturated heterocycles. The molecular formula is C23H47N7O4. The Labute approximate surface area is 204 Å². The van der Waals surface area contributed by atoms with Gasteiger partial charge >= 0.3 is 0 Å². The van der Waals surface area contributed by atoms with Crippen LogP contribution in [-0.4, -0.2) is 85.7 Å². The third-order valence-electron chi connectivity index (χ3n) is 6.32. The third-order valence-corrected chi connectivity index (χ3v) is 6.32. The minimum absolute atomic E-state index is 0.112. The first-order valence-corrected chi connectivity index (χ1v) is 12.3. The monoisotopic (exact) mass is 485 g/mol. The van der Waals surface area contributed by atoms with E-state index < -0.39 is 11.1 Å². The average molecular weight is 486 g/mol. The van der Waals surface area contributed by atoms with Gasteiger partial charge in [-0.25, -0.2) is 0 Å². The molecule has 34 heavy (non-hydrogen) atoms. The molecule has 0 aromatic heterocycles. The second-order valence-electron chi connectivity index (χ2n) is 9.90. The van der Waals surface area contributed by atoms with Gasteiger partial charge in [-0.3, -0.25) is 14.5 Å². The van der Waals surface area contributed by atoms with Crippen LogP contribution in [-0.2, 0) is 9.59 Å². The maximum absolute atomic E-state index is 12.1. The van der Waals surface area contributed by atoms with Gasteiger partial charge in [0.1, 0.15) is 12.1 Å². The van der Waals surface area contributed by atoms with Crippen molar-refractivity contribution in [2.75, 3.05) is 45.8 Å². The lowest BCUT2D eigenvalue weighted by Crippen LogP contribution is -2.52. The Hall–Kier alpha value is -1.98. The van der Waals surface area contributed by atoms with Crippen molar-refractivity contribution in [3.05, 3.63) is 9.81 Å². The first-order valence-electron chi connectivity index (χ1n) is 12.3. The van der Waals surface area contributed by atoms with E-state index in [4.69, 9.17) is 0 Å². The highest BCUT2D eigenvalue weighted by Gasteiger charge is 2.27.